The maximum atomic E-state index is 11.2. The number of carbonyl (C=O) groups is 2. The summed E-state index contributed by atoms with van der Waals surface area (Å²) in [5.74, 6) is 0.691. The van der Waals surface area contributed by atoms with E-state index in [1.165, 1.54) is 4.90 Å². The van der Waals surface area contributed by atoms with Crippen LogP contribution in [0.25, 0.3) is 0 Å². The van der Waals surface area contributed by atoms with E-state index in [1.807, 2.05) is 0 Å². The molecule has 72 valence electrons. The van der Waals surface area contributed by atoms with Crippen LogP contribution in [0.1, 0.15) is 19.3 Å². The first-order chi connectivity index (χ1) is 6.27. The second-order valence-electron chi connectivity index (χ2n) is 3.75. The molecule has 2 aliphatic rings. The Kier molecular flexibility index (Phi) is 2.31. The van der Waals surface area contributed by atoms with Crippen molar-refractivity contribution in [1.82, 2.24) is 10.2 Å². The number of nitrogens with one attached hydrogen (secondary N) is 1. The minimum absolute atomic E-state index is 0.0114. The summed E-state index contributed by atoms with van der Waals surface area (Å²) >= 11 is 0. The van der Waals surface area contributed by atoms with Gasteiger partial charge in [0.25, 0.3) is 0 Å². The second kappa shape index (κ2) is 3.46. The standard InChI is InChI=1S/C9H14N2O2/c12-8-1-2-9(13)11(8)4-3-7-5-10-6-7/h7,10H,1-6H2. The zero-order valence-corrected chi connectivity index (χ0v) is 7.58. The van der Waals surface area contributed by atoms with Crippen LogP contribution in [0.2, 0.25) is 0 Å². The highest BCUT2D eigenvalue weighted by Gasteiger charge is 2.29. The highest BCUT2D eigenvalue weighted by Crippen LogP contribution is 2.15. The third kappa shape index (κ3) is 1.72. The fraction of sp³-hybridized carbons (Fsp3) is 0.778. The summed E-state index contributed by atoms with van der Waals surface area (Å²) in [5.41, 5.74) is 0. The Balaban J connectivity index is 1.79. The molecule has 2 amide bonds. The number of rotatable bonds is 3. The van der Waals surface area contributed by atoms with E-state index in [2.05, 4.69) is 5.32 Å². The Morgan fingerprint density at radius 3 is 2.31 bits per heavy atom. The molecule has 2 heterocycles. The third-order valence-corrected chi connectivity index (χ3v) is 2.78. The number of hydrogen-bond donors (Lipinski definition) is 1. The Morgan fingerprint density at radius 2 is 1.85 bits per heavy atom. The van der Waals surface area contributed by atoms with Gasteiger partial charge in [0.15, 0.2) is 0 Å². The SMILES string of the molecule is O=C1CCC(=O)N1CCC1CNC1. The van der Waals surface area contributed by atoms with Crippen LogP contribution in [-0.2, 0) is 9.59 Å². The van der Waals surface area contributed by atoms with Gasteiger partial charge in [-0.05, 0) is 25.4 Å². The van der Waals surface area contributed by atoms with Crippen LogP contribution in [0.15, 0.2) is 0 Å². The van der Waals surface area contributed by atoms with Crippen molar-refractivity contribution in [2.75, 3.05) is 19.6 Å². The normalized spacial score (nSPS) is 23.8. The van der Waals surface area contributed by atoms with Gasteiger partial charge in [-0.25, -0.2) is 0 Å². The van der Waals surface area contributed by atoms with Crippen molar-refractivity contribution in [3.63, 3.8) is 0 Å². The molecule has 4 nitrogen and oxygen atoms in total. The van der Waals surface area contributed by atoms with Gasteiger partial charge in [0.05, 0.1) is 0 Å². The van der Waals surface area contributed by atoms with Crippen molar-refractivity contribution in [3.8, 4) is 0 Å². The van der Waals surface area contributed by atoms with Crippen LogP contribution in [0.3, 0.4) is 0 Å². The molecule has 0 spiro atoms. The fourth-order valence-electron chi connectivity index (χ4n) is 1.74. The molecule has 13 heavy (non-hydrogen) atoms. The highest BCUT2D eigenvalue weighted by atomic mass is 16.2. The number of amides is 2. The summed E-state index contributed by atoms with van der Waals surface area (Å²) in [6.07, 6.45) is 1.80. The van der Waals surface area contributed by atoms with E-state index in [1.54, 1.807) is 0 Å². The first kappa shape index (κ1) is 8.69. The Morgan fingerprint density at radius 1 is 1.23 bits per heavy atom. The third-order valence-electron chi connectivity index (χ3n) is 2.78. The summed E-state index contributed by atoms with van der Waals surface area (Å²) in [6.45, 7) is 2.70. The molecule has 0 aromatic rings. The van der Waals surface area contributed by atoms with Crippen molar-refractivity contribution in [2.45, 2.75) is 19.3 Å². The Labute approximate surface area is 77.3 Å². The summed E-state index contributed by atoms with van der Waals surface area (Å²) in [7, 11) is 0. The lowest BCUT2D eigenvalue weighted by atomic mass is 9.99. The van der Waals surface area contributed by atoms with E-state index < -0.39 is 0 Å². The van der Waals surface area contributed by atoms with Gasteiger partial charge in [0.1, 0.15) is 0 Å². The highest BCUT2D eigenvalue weighted by molar-refractivity contribution is 6.01. The lowest BCUT2D eigenvalue weighted by molar-refractivity contribution is -0.138. The molecule has 0 aliphatic carbocycles. The van der Waals surface area contributed by atoms with Crippen LogP contribution in [-0.4, -0.2) is 36.3 Å². The summed E-state index contributed by atoms with van der Waals surface area (Å²) in [4.78, 5) is 23.8. The van der Waals surface area contributed by atoms with Gasteiger partial charge in [-0.2, -0.15) is 0 Å². The molecule has 1 N–H and O–H groups in total. The molecule has 0 radical (unpaired) electrons. The number of imide groups is 1. The average molecular weight is 182 g/mol. The van der Waals surface area contributed by atoms with E-state index in [0.717, 1.165) is 19.5 Å². The smallest absolute Gasteiger partial charge is 0.229 e. The maximum absolute atomic E-state index is 11.2. The predicted molar refractivity (Wildman–Crippen MR) is 46.9 cm³/mol. The molecule has 0 bridgehead atoms. The molecule has 0 aromatic heterocycles. The monoisotopic (exact) mass is 182 g/mol. The van der Waals surface area contributed by atoms with Crippen LogP contribution in [0, 0.1) is 5.92 Å². The van der Waals surface area contributed by atoms with Crippen molar-refractivity contribution < 1.29 is 9.59 Å². The van der Waals surface area contributed by atoms with Crippen LogP contribution in [0.5, 0.6) is 0 Å². The van der Waals surface area contributed by atoms with Gasteiger partial charge in [-0.3, -0.25) is 14.5 Å². The van der Waals surface area contributed by atoms with Crippen molar-refractivity contribution in [1.29, 1.82) is 0 Å². The lowest BCUT2D eigenvalue weighted by Crippen LogP contribution is -2.44. The quantitative estimate of drug-likeness (QED) is 0.612. The van der Waals surface area contributed by atoms with Gasteiger partial charge >= 0.3 is 0 Å². The topological polar surface area (TPSA) is 49.4 Å². The molecule has 2 aliphatic heterocycles. The van der Waals surface area contributed by atoms with Gasteiger partial charge in [0, 0.05) is 19.4 Å². The van der Waals surface area contributed by atoms with Gasteiger partial charge < -0.3 is 5.32 Å². The van der Waals surface area contributed by atoms with E-state index in [-0.39, 0.29) is 11.8 Å². The van der Waals surface area contributed by atoms with E-state index >= 15 is 0 Å². The molecule has 0 saturated carbocycles. The van der Waals surface area contributed by atoms with Crippen molar-refractivity contribution >= 4 is 11.8 Å². The predicted octanol–water partition coefficient (Wildman–Crippen LogP) is -0.255. The minimum atomic E-state index is 0.0114. The van der Waals surface area contributed by atoms with Crippen molar-refractivity contribution in [2.24, 2.45) is 5.92 Å². The molecule has 4 heteroatoms. The molecule has 2 saturated heterocycles. The Hall–Kier alpha value is -0.900. The van der Waals surface area contributed by atoms with Gasteiger partial charge in [-0.1, -0.05) is 0 Å². The lowest BCUT2D eigenvalue weighted by Gasteiger charge is -2.28. The van der Waals surface area contributed by atoms with Crippen molar-refractivity contribution in [3.05, 3.63) is 0 Å². The fourth-order valence-corrected chi connectivity index (χ4v) is 1.74. The average Bonchev–Trinajstić information content (AvgIpc) is 2.32. The zero-order chi connectivity index (χ0) is 9.26. The van der Waals surface area contributed by atoms with E-state index in [9.17, 15) is 9.59 Å². The number of nitrogens with zero attached hydrogens (tertiary/aromatic N) is 1. The first-order valence-corrected chi connectivity index (χ1v) is 4.81. The van der Waals surface area contributed by atoms with Gasteiger partial charge in [-0.15, -0.1) is 0 Å². The van der Waals surface area contributed by atoms with Gasteiger partial charge in [0.2, 0.25) is 11.8 Å². The second-order valence-corrected chi connectivity index (χ2v) is 3.75. The molecule has 0 unspecified atom stereocenters. The number of likely N-dealkylation sites (tertiary alicyclic amines) is 1. The largest absolute Gasteiger partial charge is 0.316 e. The first-order valence-electron chi connectivity index (χ1n) is 4.81. The molecular weight excluding hydrogens is 168 g/mol. The molecule has 0 aromatic carbocycles. The number of carbonyl (C=O) groups excluding carboxylic acids is 2. The Bertz CT molecular complexity index is 220. The van der Waals surface area contributed by atoms with Crippen LogP contribution < -0.4 is 5.32 Å². The minimum Gasteiger partial charge on any atom is -0.316 e. The molecule has 2 rings (SSSR count). The molecule has 0 atom stereocenters. The zero-order valence-electron chi connectivity index (χ0n) is 7.58. The van der Waals surface area contributed by atoms with Crippen LogP contribution in [0.4, 0.5) is 0 Å². The van der Waals surface area contributed by atoms with Crippen LogP contribution >= 0.6 is 0 Å². The van der Waals surface area contributed by atoms with E-state index in [4.69, 9.17) is 0 Å². The van der Waals surface area contributed by atoms with E-state index in [0.29, 0.717) is 25.3 Å². The summed E-state index contributed by atoms with van der Waals surface area (Å²) in [6, 6.07) is 0. The number of hydrogen-bond acceptors (Lipinski definition) is 3. The summed E-state index contributed by atoms with van der Waals surface area (Å²) < 4.78 is 0. The summed E-state index contributed by atoms with van der Waals surface area (Å²) in [5, 5.41) is 3.17. The molecule has 2 fully saturated rings. The maximum Gasteiger partial charge on any atom is 0.229 e. The molecular formula is C9H14N2O2.